The molecule has 17 heavy (non-hydrogen) atoms. The Morgan fingerprint density at radius 2 is 2.12 bits per heavy atom. The maximum absolute atomic E-state index is 11.8. The lowest BCUT2D eigenvalue weighted by Gasteiger charge is -2.18. The molecular formula is C12H11N3O2. The summed E-state index contributed by atoms with van der Waals surface area (Å²) in [7, 11) is 0. The molecule has 1 aromatic heterocycles. The Bertz CT molecular complexity index is 517. The van der Waals surface area contributed by atoms with Crippen LogP contribution in [0.15, 0.2) is 49.3 Å². The maximum atomic E-state index is 11.8. The average molecular weight is 229 g/mol. The number of nitrogens with zero attached hydrogens (tertiary/aromatic N) is 2. The monoisotopic (exact) mass is 229 g/mol. The minimum absolute atomic E-state index is 0.138. The molecule has 1 amide bonds. The molecule has 0 saturated carbocycles. The van der Waals surface area contributed by atoms with Crippen LogP contribution >= 0.6 is 0 Å². The Morgan fingerprint density at radius 3 is 2.65 bits per heavy atom. The lowest BCUT2D eigenvalue weighted by atomic mass is 10.2. The van der Waals surface area contributed by atoms with Crippen LogP contribution in [0.4, 0.5) is 11.6 Å². The molecule has 86 valence electrons. The quantitative estimate of drug-likeness (QED) is 0.790. The number of amides is 1. The van der Waals surface area contributed by atoms with Crippen molar-refractivity contribution in [3.63, 3.8) is 0 Å². The molecule has 0 aliphatic rings. The molecule has 0 bridgehead atoms. The smallest absolute Gasteiger partial charge is 0.257 e. The van der Waals surface area contributed by atoms with Gasteiger partial charge in [-0.25, -0.2) is 9.88 Å². The van der Waals surface area contributed by atoms with Gasteiger partial charge < -0.3 is 10.1 Å². The number of aromatic nitrogens is 2. The number of carbonyl (C=O) groups excluding carboxylic acids is 1. The van der Waals surface area contributed by atoms with E-state index >= 15 is 0 Å². The summed E-state index contributed by atoms with van der Waals surface area (Å²) in [6.45, 7) is 3.45. The minimum atomic E-state index is -0.300. The van der Waals surface area contributed by atoms with Crippen LogP contribution in [0.3, 0.4) is 0 Å². The molecule has 0 spiro atoms. The highest BCUT2D eigenvalue weighted by Gasteiger charge is 2.17. The number of aromatic amines is 1. The lowest BCUT2D eigenvalue weighted by Crippen LogP contribution is -2.24. The summed E-state index contributed by atoms with van der Waals surface area (Å²) in [4.78, 5) is 20.0. The summed E-state index contributed by atoms with van der Waals surface area (Å²) in [5.41, 5.74) is 0.600. The average Bonchev–Trinajstić information content (AvgIpc) is 2.85. The number of phenolic OH excluding ortho intramolecular Hbond substituents is 1. The molecule has 0 atom stereocenters. The Balaban J connectivity index is 2.44. The Hall–Kier alpha value is -2.56. The van der Waals surface area contributed by atoms with Crippen molar-refractivity contribution in [1.82, 2.24) is 9.97 Å². The van der Waals surface area contributed by atoms with Gasteiger partial charge in [-0.05, 0) is 30.3 Å². The van der Waals surface area contributed by atoms with Crippen LogP contribution in [-0.4, -0.2) is 21.0 Å². The third-order valence-corrected chi connectivity index (χ3v) is 2.20. The van der Waals surface area contributed by atoms with Gasteiger partial charge in [0.05, 0.1) is 5.69 Å². The first kappa shape index (κ1) is 10.9. The summed E-state index contributed by atoms with van der Waals surface area (Å²) in [6, 6.07) is 6.25. The summed E-state index contributed by atoms with van der Waals surface area (Å²) >= 11 is 0. The predicted molar refractivity (Wildman–Crippen MR) is 64.0 cm³/mol. The summed E-state index contributed by atoms with van der Waals surface area (Å²) in [6.07, 6.45) is 4.38. The number of rotatable bonds is 3. The van der Waals surface area contributed by atoms with E-state index < -0.39 is 0 Å². The maximum Gasteiger partial charge on any atom is 0.257 e. The van der Waals surface area contributed by atoms with Crippen LogP contribution in [0.2, 0.25) is 0 Å². The van der Waals surface area contributed by atoms with Crippen molar-refractivity contribution in [3.8, 4) is 5.75 Å². The first-order valence-electron chi connectivity index (χ1n) is 4.97. The summed E-state index contributed by atoms with van der Waals surface area (Å²) < 4.78 is 0. The molecule has 0 fully saturated rings. The minimum Gasteiger partial charge on any atom is -0.508 e. The zero-order chi connectivity index (χ0) is 12.3. The largest absolute Gasteiger partial charge is 0.508 e. The number of aromatic hydroxyl groups is 1. The van der Waals surface area contributed by atoms with E-state index in [0.29, 0.717) is 11.6 Å². The third kappa shape index (κ3) is 2.17. The van der Waals surface area contributed by atoms with E-state index in [4.69, 9.17) is 0 Å². The van der Waals surface area contributed by atoms with E-state index in [0.717, 1.165) is 0 Å². The normalized spacial score (nSPS) is 9.88. The summed E-state index contributed by atoms with van der Waals surface area (Å²) in [5, 5.41) is 9.22. The highest BCUT2D eigenvalue weighted by Crippen LogP contribution is 2.24. The molecule has 0 radical (unpaired) electrons. The standard InChI is InChI=1S/C12H11N3O2/c1-2-11(17)15(12-13-7-8-14-12)9-3-5-10(16)6-4-9/h2-8,16H,1H2,(H,13,14). The van der Waals surface area contributed by atoms with Crippen molar-refractivity contribution >= 4 is 17.5 Å². The Kier molecular flexibility index (Phi) is 2.91. The first-order valence-corrected chi connectivity index (χ1v) is 4.97. The second-order valence-corrected chi connectivity index (χ2v) is 3.31. The number of imidazole rings is 1. The third-order valence-electron chi connectivity index (χ3n) is 2.20. The topological polar surface area (TPSA) is 69.2 Å². The number of anilines is 2. The number of H-pyrrole nitrogens is 1. The molecule has 0 unspecified atom stereocenters. The number of hydrogen-bond donors (Lipinski definition) is 2. The number of benzene rings is 1. The van der Waals surface area contributed by atoms with Crippen LogP contribution in [0.1, 0.15) is 0 Å². The fraction of sp³-hybridized carbons (Fsp3) is 0. The van der Waals surface area contributed by atoms with Crippen LogP contribution in [0.25, 0.3) is 0 Å². The van der Waals surface area contributed by atoms with Gasteiger partial charge in [0.2, 0.25) is 5.95 Å². The van der Waals surface area contributed by atoms with Gasteiger partial charge in [-0.2, -0.15) is 0 Å². The van der Waals surface area contributed by atoms with Crippen molar-refractivity contribution in [2.75, 3.05) is 4.90 Å². The molecule has 2 N–H and O–H groups in total. The van der Waals surface area contributed by atoms with Gasteiger partial charge >= 0.3 is 0 Å². The van der Waals surface area contributed by atoms with E-state index in [1.807, 2.05) is 0 Å². The van der Waals surface area contributed by atoms with E-state index in [1.54, 1.807) is 24.5 Å². The second kappa shape index (κ2) is 4.52. The Labute approximate surface area is 98.0 Å². The van der Waals surface area contributed by atoms with Gasteiger partial charge in [-0.1, -0.05) is 6.58 Å². The fourth-order valence-corrected chi connectivity index (χ4v) is 1.43. The van der Waals surface area contributed by atoms with Crippen molar-refractivity contribution in [2.24, 2.45) is 0 Å². The van der Waals surface area contributed by atoms with Crippen LogP contribution in [-0.2, 0) is 4.79 Å². The van der Waals surface area contributed by atoms with E-state index in [2.05, 4.69) is 16.5 Å². The van der Waals surface area contributed by atoms with E-state index in [-0.39, 0.29) is 11.7 Å². The van der Waals surface area contributed by atoms with Crippen molar-refractivity contribution in [3.05, 3.63) is 49.3 Å². The summed E-state index contributed by atoms with van der Waals surface area (Å²) in [5.74, 6) is 0.241. The Morgan fingerprint density at radius 1 is 1.41 bits per heavy atom. The predicted octanol–water partition coefficient (Wildman–Crippen LogP) is 1.97. The number of carbonyl (C=O) groups is 1. The zero-order valence-corrected chi connectivity index (χ0v) is 9.00. The number of nitrogens with one attached hydrogen (secondary N) is 1. The SMILES string of the molecule is C=CC(=O)N(c1ccc(O)cc1)c1ncc[nH]1. The van der Waals surface area contributed by atoms with Gasteiger partial charge in [-0.3, -0.25) is 4.79 Å². The van der Waals surface area contributed by atoms with Crippen LogP contribution in [0, 0.1) is 0 Å². The fourth-order valence-electron chi connectivity index (χ4n) is 1.43. The number of phenols is 1. The van der Waals surface area contributed by atoms with Crippen LogP contribution in [0.5, 0.6) is 5.75 Å². The molecule has 1 aromatic carbocycles. The zero-order valence-electron chi connectivity index (χ0n) is 9.00. The van der Waals surface area contributed by atoms with Crippen molar-refractivity contribution < 1.29 is 9.90 Å². The molecule has 5 nitrogen and oxygen atoms in total. The molecule has 2 aromatic rings. The van der Waals surface area contributed by atoms with Gasteiger partial charge in [0.1, 0.15) is 5.75 Å². The van der Waals surface area contributed by atoms with Crippen molar-refractivity contribution in [2.45, 2.75) is 0 Å². The van der Waals surface area contributed by atoms with Gasteiger partial charge in [-0.15, -0.1) is 0 Å². The highest BCUT2D eigenvalue weighted by molar-refractivity contribution is 6.05. The van der Waals surface area contributed by atoms with Gasteiger partial charge in [0.25, 0.3) is 5.91 Å². The van der Waals surface area contributed by atoms with Crippen molar-refractivity contribution in [1.29, 1.82) is 0 Å². The molecule has 0 aliphatic carbocycles. The second-order valence-electron chi connectivity index (χ2n) is 3.31. The number of hydrogen-bond acceptors (Lipinski definition) is 3. The van der Waals surface area contributed by atoms with Gasteiger partial charge in [0.15, 0.2) is 0 Å². The van der Waals surface area contributed by atoms with Crippen LogP contribution < -0.4 is 4.90 Å². The molecule has 2 rings (SSSR count). The molecule has 0 saturated heterocycles. The van der Waals surface area contributed by atoms with E-state index in [1.165, 1.54) is 23.1 Å². The lowest BCUT2D eigenvalue weighted by molar-refractivity contribution is -0.113. The first-order chi connectivity index (χ1) is 8.22. The molecule has 5 heteroatoms. The highest BCUT2D eigenvalue weighted by atomic mass is 16.3. The molecular weight excluding hydrogens is 218 g/mol. The molecule has 0 aliphatic heterocycles. The molecule has 1 heterocycles. The van der Waals surface area contributed by atoms with E-state index in [9.17, 15) is 9.90 Å². The van der Waals surface area contributed by atoms with Gasteiger partial charge in [0, 0.05) is 12.4 Å².